The van der Waals surface area contributed by atoms with Gasteiger partial charge in [0.15, 0.2) is 0 Å². The summed E-state index contributed by atoms with van der Waals surface area (Å²) in [6.07, 6.45) is 12.7. The van der Waals surface area contributed by atoms with Gasteiger partial charge in [0, 0.05) is 75.6 Å². The number of nitrogens with zero attached hydrogens (tertiary/aromatic N) is 8. The summed E-state index contributed by atoms with van der Waals surface area (Å²) in [7, 11) is 1.93. The molecule has 6 rings (SSSR count). The predicted octanol–water partition coefficient (Wildman–Crippen LogP) is 3.50. The molecule has 5 aromatic rings. The largest absolute Gasteiger partial charge is 0.365 e. The van der Waals surface area contributed by atoms with Crippen molar-refractivity contribution in [3.05, 3.63) is 77.3 Å². The predicted molar refractivity (Wildman–Crippen MR) is 131 cm³/mol. The molecular weight excluding hydrogens is 432 g/mol. The highest BCUT2D eigenvalue weighted by molar-refractivity contribution is 7.07. The van der Waals surface area contributed by atoms with Crippen LogP contribution in [0.5, 0.6) is 0 Å². The van der Waals surface area contributed by atoms with Crippen molar-refractivity contribution in [2.24, 2.45) is 7.05 Å². The number of aryl methyl sites for hydroxylation is 1. The highest BCUT2D eigenvalue weighted by Gasteiger charge is 2.21. The maximum Gasteiger partial charge on any atom is 0.225 e. The Morgan fingerprint density at radius 1 is 0.818 bits per heavy atom. The summed E-state index contributed by atoms with van der Waals surface area (Å²) in [5, 5.41) is 13.2. The van der Waals surface area contributed by atoms with E-state index < -0.39 is 0 Å². The van der Waals surface area contributed by atoms with Crippen LogP contribution in [-0.4, -0.2) is 55.5 Å². The minimum atomic E-state index is 0.810. The van der Waals surface area contributed by atoms with Crippen molar-refractivity contribution in [3.8, 4) is 11.1 Å². The number of piperazine rings is 1. The molecule has 0 saturated carbocycles. The number of thiophene rings is 1. The van der Waals surface area contributed by atoms with E-state index in [1.807, 2.05) is 47.2 Å². The van der Waals surface area contributed by atoms with E-state index in [1.54, 1.807) is 11.3 Å². The molecule has 0 aliphatic carbocycles. The average Bonchev–Trinajstić information content (AvgIpc) is 3.61. The van der Waals surface area contributed by atoms with E-state index in [0.29, 0.717) is 0 Å². The zero-order valence-electron chi connectivity index (χ0n) is 18.4. The highest BCUT2D eigenvalue weighted by atomic mass is 32.1. The molecule has 0 spiro atoms. The van der Waals surface area contributed by atoms with Gasteiger partial charge < -0.3 is 9.80 Å². The molecule has 8 nitrogen and oxygen atoms in total. The number of aromatic nitrogens is 6. The standard InChI is InChI=1S/C24H24N8S/c1-29-15-21(13-27-29)20-2-3-22-23(14-28-32(22)16-20)30-5-7-31(8-6-30)24-25-11-19(12-26-24)10-18-4-9-33-17-18/h2-4,9,11-17H,5-8,10H2,1H3. The lowest BCUT2D eigenvalue weighted by Gasteiger charge is -2.35. The van der Waals surface area contributed by atoms with Crippen LogP contribution < -0.4 is 9.80 Å². The molecule has 0 radical (unpaired) electrons. The molecule has 1 aliphatic rings. The Morgan fingerprint density at radius 2 is 1.64 bits per heavy atom. The summed E-state index contributed by atoms with van der Waals surface area (Å²) in [6, 6.07) is 6.43. The van der Waals surface area contributed by atoms with Crippen molar-refractivity contribution < 1.29 is 0 Å². The van der Waals surface area contributed by atoms with Gasteiger partial charge in [0.2, 0.25) is 5.95 Å². The van der Waals surface area contributed by atoms with Gasteiger partial charge in [-0.3, -0.25) is 4.68 Å². The van der Waals surface area contributed by atoms with Gasteiger partial charge in [0.25, 0.3) is 0 Å². The van der Waals surface area contributed by atoms with E-state index >= 15 is 0 Å². The summed E-state index contributed by atoms with van der Waals surface area (Å²) < 4.78 is 3.77. The van der Waals surface area contributed by atoms with E-state index in [9.17, 15) is 0 Å². The molecule has 0 unspecified atom stereocenters. The minimum Gasteiger partial charge on any atom is -0.365 e. The lowest BCUT2D eigenvalue weighted by molar-refractivity contribution is 0.641. The lowest BCUT2D eigenvalue weighted by atomic mass is 10.1. The average molecular weight is 457 g/mol. The molecule has 9 heteroatoms. The molecule has 5 aromatic heterocycles. The first-order valence-electron chi connectivity index (χ1n) is 11.0. The Bertz CT molecular complexity index is 1360. The van der Waals surface area contributed by atoms with Gasteiger partial charge in [-0.1, -0.05) is 6.07 Å². The zero-order chi connectivity index (χ0) is 22.2. The van der Waals surface area contributed by atoms with Crippen LogP contribution in [0, 0.1) is 0 Å². The van der Waals surface area contributed by atoms with E-state index in [0.717, 1.165) is 60.8 Å². The van der Waals surface area contributed by atoms with Gasteiger partial charge in [-0.25, -0.2) is 14.5 Å². The maximum absolute atomic E-state index is 4.64. The van der Waals surface area contributed by atoms with Crippen molar-refractivity contribution in [3.63, 3.8) is 0 Å². The summed E-state index contributed by atoms with van der Waals surface area (Å²) in [4.78, 5) is 13.9. The molecular formula is C24H24N8S. The second-order valence-electron chi connectivity index (χ2n) is 8.35. The number of fused-ring (bicyclic) bond motifs is 1. The molecule has 0 atom stereocenters. The van der Waals surface area contributed by atoms with Crippen LogP contribution in [0.15, 0.2) is 66.1 Å². The fourth-order valence-corrected chi connectivity index (χ4v) is 5.00. The number of hydrogen-bond donors (Lipinski definition) is 0. The number of pyridine rings is 1. The number of rotatable bonds is 5. The van der Waals surface area contributed by atoms with Crippen molar-refractivity contribution >= 4 is 28.5 Å². The third-order valence-corrected chi connectivity index (χ3v) is 6.85. The normalized spacial score (nSPS) is 14.3. The van der Waals surface area contributed by atoms with Gasteiger partial charge in [0.1, 0.15) is 0 Å². The van der Waals surface area contributed by atoms with Crippen molar-refractivity contribution in [2.45, 2.75) is 6.42 Å². The first-order valence-corrected chi connectivity index (χ1v) is 12.0. The fraction of sp³-hybridized carbons (Fsp3) is 0.250. The molecule has 1 saturated heterocycles. The van der Waals surface area contributed by atoms with Crippen molar-refractivity contribution in [1.29, 1.82) is 0 Å². The third-order valence-electron chi connectivity index (χ3n) is 6.12. The lowest BCUT2D eigenvalue weighted by Crippen LogP contribution is -2.47. The quantitative estimate of drug-likeness (QED) is 0.403. The van der Waals surface area contributed by atoms with E-state index in [-0.39, 0.29) is 0 Å². The van der Waals surface area contributed by atoms with Crippen LogP contribution >= 0.6 is 11.3 Å². The summed E-state index contributed by atoms with van der Waals surface area (Å²) >= 11 is 1.72. The molecule has 0 aromatic carbocycles. The van der Waals surface area contributed by atoms with Gasteiger partial charge >= 0.3 is 0 Å². The Labute approximate surface area is 195 Å². The van der Waals surface area contributed by atoms with E-state index in [1.165, 1.54) is 11.3 Å². The van der Waals surface area contributed by atoms with Gasteiger partial charge in [-0.2, -0.15) is 21.5 Å². The molecule has 1 aliphatic heterocycles. The minimum absolute atomic E-state index is 0.810. The van der Waals surface area contributed by atoms with Crippen LogP contribution in [-0.2, 0) is 13.5 Å². The van der Waals surface area contributed by atoms with Crippen LogP contribution in [0.2, 0.25) is 0 Å². The molecule has 6 heterocycles. The number of hydrogen-bond acceptors (Lipinski definition) is 7. The summed E-state index contributed by atoms with van der Waals surface area (Å²) in [5.74, 6) is 0.810. The maximum atomic E-state index is 4.64. The fourth-order valence-electron chi connectivity index (χ4n) is 4.33. The zero-order valence-corrected chi connectivity index (χ0v) is 19.2. The Morgan fingerprint density at radius 3 is 2.36 bits per heavy atom. The summed E-state index contributed by atoms with van der Waals surface area (Å²) in [6.45, 7) is 3.58. The molecule has 166 valence electrons. The Balaban J connectivity index is 1.13. The monoisotopic (exact) mass is 456 g/mol. The molecule has 0 N–H and O–H groups in total. The van der Waals surface area contributed by atoms with E-state index in [2.05, 4.69) is 65.1 Å². The van der Waals surface area contributed by atoms with E-state index in [4.69, 9.17) is 0 Å². The SMILES string of the molecule is Cn1cc(-c2ccc3c(N4CCN(c5ncc(Cc6ccsc6)cn5)CC4)cnn3c2)cn1. The highest BCUT2D eigenvalue weighted by Crippen LogP contribution is 2.27. The third kappa shape index (κ3) is 3.95. The van der Waals surface area contributed by atoms with Crippen LogP contribution in [0.1, 0.15) is 11.1 Å². The molecule has 1 fully saturated rings. The van der Waals surface area contributed by atoms with Gasteiger partial charge in [-0.05, 0) is 34.0 Å². The number of anilines is 2. The Kier molecular flexibility index (Phi) is 5.03. The van der Waals surface area contributed by atoms with Gasteiger partial charge in [-0.15, -0.1) is 0 Å². The van der Waals surface area contributed by atoms with Gasteiger partial charge in [0.05, 0.1) is 23.6 Å². The molecule has 33 heavy (non-hydrogen) atoms. The van der Waals surface area contributed by atoms with Crippen LogP contribution in [0.3, 0.4) is 0 Å². The Hall–Kier alpha value is -3.72. The van der Waals surface area contributed by atoms with Crippen LogP contribution in [0.4, 0.5) is 11.6 Å². The second kappa shape index (κ2) is 8.32. The van der Waals surface area contributed by atoms with Crippen molar-refractivity contribution in [2.75, 3.05) is 36.0 Å². The van der Waals surface area contributed by atoms with Crippen LogP contribution in [0.25, 0.3) is 16.6 Å². The first kappa shape index (κ1) is 19.9. The topological polar surface area (TPSA) is 67.4 Å². The van der Waals surface area contributed by atoms with Crippen molar-refractivity contribution in [1.82, 2.24) is 29.4 Å². The summed E-state index contributed by atoms with van der Waals surface area (Å²) in [5.41, 5.74) is 6.93. The molecule has 0 amide bonds. The first-order chi connectivity index (χ1) is 16.2. The smallest absolute Gasteiger partial charge is 0.225 e. The molecule has 0 bridgehead atoms. The second-order valence-corrected chi connectivity index (χ2v) is 9.13.